The van der Waals surface area contributed by atoms with E-state index in [0.29, 0.717) is 24.7 Å². The number of hydrogen-bond donors (Lipinski definition) is 3. The van der Waals surface area contributed by atoms with Crippen molar-refractivity contribution >= 4 is 44.9 Å². The number of benzene rings is 2. The van der Waals surface area contributed by atoms with Gasteiger partial charge in [0.2, 0.25) is 5.91 Å². The Balaban J connectivity index is 1.50. The maximum Gasteiger partial charge on any atom is 0.270 e. The molecule has 2 fully saturated rings. The highest BCUT2D eigenvalue weighted by atomic mass is 35.5. The van der Waals surface area contributed by atoms with Crippen molar-refractivity contribution in [2.75, 3.05) is 31.9 Å². The number of halogens is 4. The van der Waals surface area contributed by atoms with E-state index in [1.54, 1.807) is 0 Å². The van der Waals surface area contributed by atoms with Crippen LogP contribution in [0, 0.1) is 5.92 Å². The molecule has 2 saturated heterocycles. The second-order valence-electron chi connectivity index (χ2n) is 11.0. The lowest BCUT2D eigenvalue weighted by Gasteiger charge is -2.34. The average Bonchev–Trinajstić information content (AvgIpc) is 3.47. The lowest BCUT2D eigenvalue weighted by atomic mass is 9.97. The molecule has 0 unspecified atom stereocenters. The van der Waals surface area contributed by atoms with Crippen LogP contribution in [-0.4, -0.2) is 63.1 Å². The molecule has 2 amide bonds. The summed E-state index contributed by atoms with van der Waals surface area (Å²) >= 11 is 12.6. The lowest BCUT2D eigenvalue weighted by molar-refractivity contribution is -0.125. The van der Waals surface area contributed by atoms with Gasteiger partial charge in [-0.15, -0.1) is 0 Å². The molecule has 2 aromatic rings. The summed E-state index contributed by atoms with van der Waals surface area (Å²) in [5, 5.41) is 9.23. The van der Waals surface area contributed by atoms with Crippen LogP contribution in [-0.2, 0) is 33.6 Å². The van der Waals surface area contributed by atoms with Crippen LogP contribution in [0.5, 0.6) is 0 Å². The maximum atomic E-state index is 14.9. The van der Waals surface area contributed by atoms with Crippen LogP contribution in [0.2, 0.25) is 10.0 Å². The number of rotatable bonds is 10. The fraction of sp³-hybridized carbons (Fsp3) is 0.517. The molecular weight excluding hydrogens is 609 g/mol. The van der Waals surface area contributed by atoms with Crippen LogP contribution in [0.25, 0.3) is 0 Å². The van der Waals surface area contributed by atoms with Gasteiger partial charge in [0.15, 0.2) is 9.84 Å². The standard InChI is InChI=1S/C29H36Cl2F2N4O4S/c1-3-42(40,41)26-7-6-21(30)11-20(26)15-35-27(38)19-12-24(29(2,32)33)23(25(31)13-19)17-37-10-4-5-22(16-37)36-28(39)18-8-9-34-14-18/h6-7,11-13,18,22,34H,3-5,8-10,14-17H2,1-2H3,(H,35,38)(H,36,39)/t18-,22-/m0/s1. The number of alkyl halides is 2. The van der Waals surface area contributed by atoms with Crippen LogP contribution in [0.15, 0.2) is 35.2 Å². The Hall–Kier alpha value is -2.31. The molecule has 0 aromatic heterocycles. The third kappa shape index (κ3) is 7.99. The molecule has 42 heavy (non-hydrogen) atoms. The van der Waals surface area contributed by atoms with Crippen molar-refractivity contribution in [1.82, 2.24) is 20.9 Å². The van der Waals surface area contributed by atoms with Gasteiger partial charge >= 0.3 is 0 Å². The highest BCUT2D eigenvalue weighted by Gasteiger charge is 2.33. The third-order valence-corrected chi connectivity index (χ3v) is 10.2. The number of piperidine rings is 1. The zero-order valence-electron chi connectivity index (χ0n) is 23.6. The topological polar surface area (TPSA) is 108 Å². The number of nitrogens with zero attached hydrogens (tertiary/aromatic N) is 1. The normalized spacial score (nSPS) is 20.0. The SMILES string of the molecule is CCS(=O)(=O)c1ccc(Cl)cc1CNC(=O)c1cc(Cl)c(CN2CCC[C@H](NC(=O)[C@H]3CCNC3)C2)c(C(C)(F)F)c1. The van der Waals surface area contributed by atoms with Gasteiger partial charge in [0.05, 0.1) is 16.6 Å². The lowest BCUT2D eigenvalue weighted by Crippen LogP contribution is -2.49. The van der Waals surface area contributed by atoms with Crippen molar-refractivity contribution < 1.29 is 26.8 Å². The van der Waals surface area contributed by atoms with Crippen LogP contribution in [0.1, 0.15) is 60.2 Å². The first-order chi connectivity index (χ1) is 19.8. The molecule has 0 saturated carbocycles. The number of hydrogen-bond acceptors (Lipinski definition) is 6. The van der Waals surface area contributed by atoms with Crippen molar-refractivity contribution in [2.45, 2.75) is 63.1 Å². The Morgan fingerprint density at radius 1 is 1.17 bits per heavy atom. The number of likely N-dealkylation sites (tertiary alicyclic amines) is 1. The van der Waals surface area contributed by atoms with E-state index in [9.17, 15) is 26.8 Å². The summed E-state index contributed by atoms with van der Waals surface area (Å²) in [5.41, 5.74) is 0.0766. The summed E-state index contributed by atoms with van der Waals surface area (Å²) in [6, 6.07) is 6.68. The molecule has 230 valence electrons. The maximum absolute atomic E-state index is 14.9. The van der Waals surface area contributed by atoms with Crippen molar-refractivity contribution in [3.63, 3.8) is 0 Å². The van der Waals surface area contributed by atoms with Gasteiger partial charge in [-0.25, -0.2) is 17.2 Å². The number of nitrogens with one attached hydrogen (secondary N) is 3. The van der Waals surface area contributed by atoms with Gasteiger partial charge in [-0.3, -0.25) is 14.5 Å². The van der Waals surface area contributed by atoms with Gasteiger partial charge in [-0.1, -0.05) is 30.1 Å². The first-order valence-corrected chi connectivity index (χ1v) is 16.4. The van der Waals surface area contributed by atoms with E-state index in [1.807, 2.05) is 4.90 Å². The van der Waals surface area contributed by atoms with E-state index < -0.39 is 21.7 Å². The van der Waals surface area contributed by atoms with E-state index in [4.69, 9.17) is 23.2 Å². The van der Waals surface area contributed by atoms with Crippen molar-refractivity contribution in [3.8, 4) is 0 Å². The molecule has 0 spiro atoms. The van der Waals surface area contributed by atoms with Crippen LogP contribution < -0.4 is 16.0 Å². The molecule has 2 atom stereocenters. The largest absolute Gasteiger partial charge is 0.352 e. The molecule has 2 aromatic carbocycles. The van der Waals surface area contributed by atoms with Crippen molar-refractivity contribution in [1.29, 1.82) is 0 Å². The van der Waals surface area contributed by atoms with Crippen molar-refractivity contribution in [3.05, 3.63) is 62.6 Å². The highest BCUT2D eigenvalue weighted by molar-refractivity contribution is 7.91. The molecule has 0 aliphatic carbocycles. The minimum Gasteiger partial charge on any atom is -0.352 e. The minimum atomic E-state index is -3.59. The van der Waals surface area contributed by atoms with Crippen molar-refractivity contribution in [2.24, 2.45) is 5.92 Å². The summed E-state index contributed by atoms with van der Waals surface area (Å²) in [6.07, 6.45) is 2.40. The Morgan fingerprint density at radius 2 is 1.93 bits per heavy atom. The predicted octanol–water partition coefficient (Wildman–Crippen LogP) is 4.52. The molecule has 3 N–H and O–H groups in total. The first kappa shape index (κ1) is 32.6. The number of carbonyl (C=O) groups excluding carboxylic acids is 2. The molecule has 4 rings (SSSR count). The monoisotopic (exact) mass is 644 g/mol. The van der Waals surface area contributed by atoms with Gasteiger partial charge in [-0.2, -0.15) is 0 Å². The van der Waals surface area contributed by atoms with Gasteiger partial charge in [0.1, 0.15) is 0 Å². The highest BCUT2D eigenvalue weighted by Crippen LogP contribution is 2.36. The van der Waals surface area contributed by atoms with Gasteiger partial charge in [0.25, 0.3) is 11.8 Å². The second-order valence-corrected chi connectivity index (χ2v) is 14.1. The number of carbonyl (C=O) groups is 2. The molecule has 2 aliphatic heterocycles. The summed E-state index contributed by atoms with van der Waals surface area (Å²) < 4.78 is 54.8. The van der Waals surface area contributed by atoms with Crippen LogP contribution in [0.3, 0.4) is 0 Å². The average molecular weight is 646 g/mol. The summed E-state index contributed by atoms with van der Waals surface area (Å²) in [5.74, 6) is -4.15. The molecular formula is C29H36Cl2F2N4O4S. The Bertz CT molecular complexity index is 1430. The van der Waals surface area contributed by atoms with Gasteiger partial charge in [0, 0.05) is 60.3 Å². The van der Waals surface area contributed by atoms with E-state index >= 15 is 0 Å². The molecule has 13 heteroatoms. The zero-order chi connectivity index (χ0) is 30.7. The van der Waals surface area contributed by atoms with Gasteiger partial charge < -0.3 is 16.0 Å². The van der Waals surface area contributed by atoms with Gasteiger partial charge in [-0.05, 0) is 73.8 Å². The Labute approximate surface area is 255 Å². The summed E-state index contributed by atoms with van der Waals surface area (Å²) in [4.78, 5) is 27.7. The molecule has 0 bridgehead atoms. The fourth-order valence-electron chi connectivity index (χ4n) is 5.48. The predicted molar refractivity (Wildman–Crippen MR) is 159 cm³/mol. The number of sulfone groups is 1. The van der Waals surface area contributed by atoms with E-state index in [0.717, 1.165) is 38.8 Å². The van der Waals surface area contributed by atoms with Crippen LogP contribution >= 0.6 is 23.2 Å². The van der Waals surface area contributed by atoms with Crippen LogP contribution in [0.4, 0.5) is 8.78 Å². The third-order valence-electron chi connectivity index (χ3n) is 7.77. The summed E-state index contributed by atoms with van der Waals surface area (Å²) in [7, 11) is -3.59. The molecule has 8 nitrogen and oxygen atoms in total. The molecule has 2 aliphatic rings. The first-order valence-electron chi connectivity index (χ1n) is 14.0. The van der Waals surface area contributed by atoms with E-state index in [2.05, 4.69) is 16.0 Å². The number of amides is 2. The Kier molecular flexibility index (Phi) is 10.5. The zero-order valence-corrected chi connectivity index (χ0v) is 25.9. The minimum absolute atomic E-state index is 0.0122. The van der Waals surface area contributed by atoms with E-state index in [-0.39, 0.29) is 68.9 Å². The molecule has 0 radical (unpaired) electrons. The van der Waals surface area contributed by atoms with E-state index in [1.165, 1.54) is 31.2 Å². The molecule has 2 heterocycles. The summed E-state index contributed by atoms with van der Waals surface area (Å²) in [6.45, 7) is 4.86. The second kappa shape index (κ2) is 13.5. The fourth-order valence-corrected chi connectivity index (χ4v) is 7.07. The Morgan fingerprint density at radius 3 is 2.60 bits per heavy atom. The quantitative estimate of drug-likeness (QED) is 0.351. The smallest absolute Gasteiger partial charge is 0.270 e.